The fourth-order valence-corrected chi connectivity index (χ4v) is 1.55. The summed E-state index contributed by atoms with van der Waals surface area (Å²) in [5.74, 6) is -0.257. The molecule has 90 valence electrons. The normalized spacial score (nSPS) is 19.6. The number of rotatable bonds is 3. The third kappa shape index (κ3) is 3.12. The van der Waals surface area contributed by atoms with Crippen LogP contribution >= 0.6 is 0 Å². The van der Waals surface area contributed by atoms with Crippen LogP contribution in [0.1, 0.15) is 10.4 Å². The molecule has 1 aliphatic rings. The highest BCUT2D eigenvalue weighted by Crippen LogP contribution is 2.11. The van der Waals surface area contributed by atoms with Gasteiger partial charge in [-0.2, -0.15) is 0 Å². The van der Waals surface area contributed by atoms with Crippen molar-refractivity contribution in [1.82, 2.24) is 0 Å². The van der Waals surface area contributed by atoms with E-state index in [1.807, 2.05) is 0 Å². The van der Waals surface area contributed by atoms with Crippen LogP contribution in [-0.4, -0.2) is 38.1 Å². The maximum absolute atomic E-state index is 11.8. The number of hydrogen-bond acceptors (Lipinski definition) is 4. The number of ether oxygens (including phenoxy) is 2. The number of hydrogen-bond donors (Lipinski definition) is 1. The molecule has 1 heterocycles. The number of anilines is 1. The van der Waals surface area contributed by atoms with Crippen molar-refractivity contribution in [2.45, 2.75) is 6.10 Å². The second kappa shape index (κ2) is 5.56. The van der Waals surface area contributed by atoms with Crippen molar-refractivity contribution in [2.24, 2.45) is 0 Å². The summed E-state index contributed by atoms with van der Waals surface area (Å²) in [6, 6.07) is 6.70. The molecule has 0 aromatic heterocycles. The van der Waals surface area contributed by atoms with Gasteiger partial charge in [-0.05, 0) is 12.1 Å². The zero-order valence-electron chi connectivity index (χ0n) is 9.22. The SMILES string of the molecule is O=Cc1cccc(NC(=O)C2COCCO2)c1. The standard InChI is InChI=1S/C12H13NO4/c14-7-9-2-1-3-10(6-9)13-12(15)11-8-16-4-5-17-11/h1-3,6-7,11H,4-5,8H2,(H,13,15). The van der Waals surface area contributed by atoms with Gasteiger partial charge in [0.25, 0.3) is 5.91 Å². The lowest BCUT2D eigenvalue weighted by atomic mass is 10.2. The average molecular weight is 235 g/mol. The van der Waals surface area contributed by atoms with Gasteiger partial charge in [0.15, 0.2) is 6.10 Å². The third-order valence-corrected chi connectivity index (χ3v) is 2.40. The van der Waals surface area contributed by atoms with E-state index in [1.165, 1.54) is 0 Å². The van der Waals surface area contributed by atoms with Crippen molar-refractivity contribution < 1.29 is 19.1 Å². The van der Waals surface area contributed by atoms with Crippen LogP contribution in [0.4, 0.5) is 5.69 Å². The van der Waals surface area contributed by atoms with E-state index in [-0.39, 0.29) is 12.5 Å². The fraction of sp³-hybridized carbons (Fsp3) is 0.333. The second-order valence-corrected chi connectivity index (χ2v) is 3.67. The van der Waals surface area contributed by atoms with E-state index in [4.69, 9.17) is 9.47 Å². The number of carbonyl (C=O) groups excluding carboxylic acids is 2. The Morgan fingerprint density at radius 1 is 1.41 bits per heavy atom. The first-order chi connectivity index (χ1) is 8.29. The molecule has 5 heteroatoms. The van der Waals surface area contributed by atoms with E-state index in [0.717, 1.165) is 6.29 Å². The van der Waals surface area contributed by atoms with Gasteiger partial charge in [-0.15, -0.1) is 0 Å². The highest BCUT2D eigenvalue weighted by molar-refractivity contribution is 5.95. The molecule has 1 aliphatic heterocycles. The lowest BCUT2D eigenvalue weighted by Crippen LogP contribution is -2.39. The molecule has 0 aliphatic carbocycles. The highest BCUT2D eigenvalue weighted by atomic mass is 16.6. The van der Waals surface area contributed by atoms with E-state index in [0.29, 0.717) is 24.5 Å². The molecule has 17 heavy (non-hydrogen) atoms. The Bertz CT molecular complexity index is 413. The van der Waals surface area contributed by atoms with Gasteiger partial charge in [-0.1, -0.05) is 12.1 Å². The monoisotopic (exact) mass is 235 g/mol. The number of aldehydes is 1. The molecule has 1 aromatic carbocycles. The quantitative estimate of drug-likeness (QED) is 0.789. The van der Waals surface area contributed by atoms with Crippen LogP contribution in [0.2, 0.25) is 0 Å². The Morgan fingerprint density at radius 2 is 2.29 bits per heavy atom. The Labute approximate surface area is 98.7 Å². The summed E-state index contributed by atoms with van der Waals surface area (Å²) >= 11 is 0. The second-order valence-electron chi connectivity index (χ2n) is 3.67. The van der Waals surface area contributed by atoms with Crippen LogP contribution in [0.15, 0.2) is 24.3 Å². The van der Waals surface area contributed by atoms with Crippen LogP contribution in [0.3, 0.4) is 0 Å². The van der Waals surface area contributed by atoms with Crippen LogP contribution in [0, 0.1) is 0 Å². The van der Waals surface area contributed by atoms with Gasteiger partial charge in [-0.25, -0.2) is 0 Å². The van der Waals surface area contributed by atoms with E-state index in [2.05, 4.69) is 5.32 Å². The lowest BCUT2D eigenvalue weighted by molar-refractivity contribution is -0.142. The average Bonchev–Trinajstić information content (AvgIpc) is 2.40. The van der Waals surface area contributed by atoms with E-state index in [9.17, 15) is 9.59 Å². The minimum absolute atomic E-state index is 0.257. The lowest BCUT2D eigenvalue weighted by Gasteiger charge is -2.22. The van der Waals surface area contributed by atoms with Crippen molar-refractivity contribution in [1.29, 1.82) is 0 Å². The molecule has 1 N–H and O–H groups in total. The van der Waals surface area contributed by atoms with Crippen LogP contribution in [0.5, 0.6) is 0 Å². The summed E-state index contributed by atoms with van der Waals surface area (Å²) in [6.45, 7) is 1.20. The molecule has 1 unspecified atom stereocenters. The number of benzene rings is 1. The maximum atomic E-state index is 11.8. The summed E-state index contributed by atoms with van der Waals surface area (Å²) in [6.07, 6.45) is 0.152. The van der Waals surface area contributed by atoms with Crippen molar-refractivity contribution in [3.05, 3.63) is 29.8 Å². The summed E-state index contributed by atoms with van der Waals surface area (Å²) in [5.41, 5.74) is 1.09. The predicted molar refractivity (Wildman–Crippen MR) is 61.0 cm³/mol. The van der Waals surface area contributed by atoms with Crippen LogP contribution in [-0.2, 0) is 14.3 Å². The Balaban J connectivity index is 1.99. The fourth-order valence-electron chi connectivity index (χ4n) is 1.55. The Morgan fingerprint density at radius 3 is 3.00 bits per heavy atom. The number of carbonyl (C=O) groups is 2. The zero-order chi connectivity index (χ0) is 12.1. The molecule has 0 radical (unpaired) electrons. The summed E-state index contributed by atoms with van der Waals surface area (Å²) < 4.78 is 10.4. The molecule has 1 aromatic rings. The van der Waals surface area contributed by atoms with Gasteiger partial charge in [0.2, 0.25) is 0 Å². The van der Waals surface area contributed by atoms with Crippen LogP contribution < -0.4 is 5.32 Å². The van der Waals surface area contributed by atoms with Gasteiger partial charge in [0.05, 0.1) is 19.8 Å². The zero-order valence-corrected chi connectivity index (χ0v) is 9.22. The molecule has 0 bridgehead atoms. The predicted octanol–water partition coefficient (Wildman–Crippen LogP) is 0.853. The topological polar surface area (TPSA) is 64.6 Å². The first-order valence-corrected chi connectivity index (χ1v) is 5.35. The molecular weight excluding hydrogens is 222 g/mol. The van der Waals surface area contributed by atoms with Gasteiger partial charge in [-0.3, -0.25) is 9.59 Å². The molecule has 5 nitrogen and oxygen atoms in total. The van der Waals surface area contributed by atoms with E-state index >= 15 is 0 Å². The highest BCUT2D eigenvalue weighted by Gasteiger charge is 2.22. The van der Waals surface area contributed by atoms with E-state index in [1.54, 1.807) is 24.3 Å². The maximum Gasteiger partial charge on any atom is 0.255 e. The van der Waals surface area contributed by atoms with E-state index < -0.39 is 6.10 Å². The van der Waals surface area contributed by atoms with Gasteiger partial charge in [0.1, 0.15) is 6.29 Å². The summed E-state index contributed by atoms with van der Waals surface area (Å²) in [5, 5.41) is 2.68. The summed E-state index contributed by atoms with van der Waals surface area (Å²) in [4.78, 5) is 22.4. The van der Waals surface area contributed by atoms with Gasteiger partial charge in [0, 0.05) is 11.3 Å². The Kier molecular flexibility index (Phi) is 3.85. The molecule has 1 amide bonds. The van der Waals surface area contributed by atoms with Crippen molar-refractivity contribution in [2.75, 3.05) is 25.1 Å². The van der Waals surface area contributed by atoms with Gasteiger partial charge >= 0.3 is 0 Å². The first kappa shape index (κ1) is 11.8. The summed E-state index contributed by atoms with van der Waals surface area (Å²) in [7, 11) is 0. The Hall–Kier alpha value is -1.72. The number of nitrogens with one attached hydrogen (secondary N) is 1. The third-order valence-electron chi connectivity index (χ3n) is 2.40. The van der Waals surface area contributed by atoms with Gasteiger partial charge < -0.3 is 14.8 Å². The smallest absolute Gasteiger partial charge is 0.255 e. The first-order valence-electron chi connectivity index (χ1n) is 5.35. The molecular formula is C12H13NO4. The molecule has 0 spiro atoms. The van der Waals surface area contributed by atoms with Crippen molar-refractivity contribution in [3.63, 3.8) is 0 Å². The molecule has 1 saturated heterocycles. The molecule has 2 rings (SSSR count). The van der Waals surface area contributed by atoms with Crippen molar-refractivity contribution in [3.8, 4) is 0 Å². The molecule has 1 fully saturated rings. The number of amides is 1. The molecule has 0 saturated carbocycles. The van der Waals surface area contributed by atoms with Crippen molar-refractivity contribution >= 4 is 17.9 Å². The largest absolute Gasteiger partial charge is 0.376 e. The molecule has 1 atom stereocenters. The van der Waals surface area contributed by atoms with Crippen LogP contribution in [0.25, 0.3) is 0 Å². The minimum atomic E-state index is -0.580. The minimum Gasteiger partial charge on any atom is -0.376 e.